The van der Waals surface area contributed by atoms with Crippen molar-refractivity contribution in [3.8, 4) is 0 Å². The summed E-state index contributed by atoms with van der Waals surface area (Å²) in [5.41, 5.74) is 1.01. The number of hydrogen-bond donors (Lipinski definition) is 1. The maximum atomic E-state index is 11.4. The van der Waals surface area contributed by atoms with Crippen molar-refractivity contribution in [1.82, 2.24) is 5.32 Å². The standard InChI is InChI=1S/C11H15NOS/c1-8(2)7-11(13)12-9(3)10-5-4-6-14-10/h4-7,9H,1-3H3,(H,12,13)/t9-/m1/s1. The van der Waals surface area contributed by atoms with Crippen molar-refractivity contribution in [2.45, 2.75) is 26.8 Å². The van der Waals surface area contributed by atoms with Gasteiger partial charge in [-0.3, -0.25) is 4.79 Å². The summed E-state index contributed by atoms with van der Waals surface area (Å²) in [7, 11) is 0. The van der Waals surface area contributed by atoms with Gasteiger partial charge in [0.1, 0.15) is 0 Å². The molecular formula is C11H15NOS. The Balaban J connectivity index is 2.54. The minimum absolute atomic E-state index is 0.0223. The largest absolute Gasteiger partial charge is 0.345 e. The van der Waals surface area contributed by atoms with Gasteiger partial charge in [0.05, 0.1) is 6.04 Å². The number of carbonyl (C=O) groups excluding carboxylic acids is 1. The molecule has 1 heterocycles. The Morgan fingerprint density at radius 1 is 1.57 bits per heavy atom. The molecule has 1 aromatic rings. The van der Waals surface area contributed by atoms with Crippen LogP contribution in [0.1, 0.15) is 31.7 Å². The molecule has 3 heteroatoms. The SMILES string of the molecule is CC(C)=CC(=O)N[C@H](C)c1cccs1. The zero-order valence-corrected chi connectivity index (χ0v) is 9.52. The molecule has 1 aromatic heterocycles. The molecule has 0 saturated carbocycles. The second-order valence-corrected chi connectivity index (χ2v) is 4.45. The summed E-state index contributed by atoms with van der Waals surface area (Å²) in [4.78, 5) is 12.6. The molecule has 0 radical (unpaired) electrons. The molecule has 14 heavy (non-hydrogen) atoms. The quantitative estimate of drug-likeness (QED) is 0.762. The fraction of sp³-hybridized carbons (Fsp3) is 0.364. The first-order valence-electron chi connectivity index (χ1n) is 4.58. The number of amides is 1. The van der Waals surface area contributed by atoms with Gasteiger partial charge in [-0.1, -0.05) is 11.6 Å². The lowest BCUT2D eigenvalue weighted by molar-refractivity contribution is -0.117. The molecule has 0 aliphatic rings. The van der Waals surface area contributed by atoms with Crippen LogP contribution in [0.15, 0.2) is 29.2 Å². The second kappa shape index (κ2) is 4.96. The Hall–Kier alpha value is -1.09. The summed E-state index contributed by atoms with van der Waals surface area (Å²) in [5, 5.41) is 4.92. The smallest absolute Gasteiger partial charge is 0.244 e. The highest BCUT2D eigenvalue weighted by molar-refractivity contribution is 7.10. The van der Waals surface area contributed by atoms with Crippen LogP contribution in [0.2, 0.25) is 0 Å². The third-order valence-corrected chi connectivity index (χ3v) is 2.80. The van der Waals surface area contributed by atoms with Gasteiger partial charge in [0, 0.05) is 11.0 Å². The number of allylic oxidation sites excluding steroid dienone is 1. The lowest BCUT2D eigenvalue weighted by Crippen LogP contribution is -2.24. The highest BCUT2D eigenvalue weighted by atomic mass is 32.1. The summed E-state index contributed by atoms with van der Waals surface area (Å²) in [6.07, 6.45) is 1.62. The van der Waals surface area contributed by atoms with Crippen molar-refractivity contribution >= 4 is 17.2 Å². The van der Waals surface area contributed by atoms with E-state index in [0.717, 1.165) is 5.57 Å². The van der Waals surface area contributed by atoms with Gasteiger partial charge in [0.15, 0.2) is 0 Å². The Kier molecular flexibility index (Phi) is 3.89. The Morgan fingerprint density at radius 3 is 2.79 bits per heavy atom. The fourth-order valence-corrected chi connectivity index (χ4v) is 1.86. The van der Waals surface area contributed by atoms with Gasteiger partial charge in [-0.05, 0) is 32.2 Å². The molecule has 1 N–H and O–H groups in total. The van der Waals surface area contributed by atoms with E-state index in [2.05, 4.69) is 5.32 Å². The van der Waals surface area contributed by atoms with Gasteiger partial charge in [-0.2, -0.15) is 0 Å². The Labute approximate surface area is 88.6 Å². The first-order valence-corrected chi connectivity index (χ1v) is 5.46. The highest BCUT2D eigenvalue weighted by Crippen LogP contribution is 2.17. The van der Waals surface area contributed by atoms with Crippen LogP contribution in [0.25, 0.3) is 0 Å². The number of nitrogens with one attached hydrogen (secondary N) is 1. The van der Waals surface area contributed by atoms with Crippen LogP contribution in [0.3, 0.4) is 0 Å². The van der Waals surface area contributed by atoms with Crippen LogP contribution < -0.4 is 5.32 Å². The third-order valence-electron chi connectivity index (χ3n) is 1.75. The highest BCUT2D eigenvalue weighted by Gasteiger charge is 2.07. The molecule has 0 fully saturated rings. The van der Waals surface area contributed by atoms with E-state index in [4.69, 9.17) is 0 Å². The molecule has 0 spiro atoms. The fourth-order valence-electron chi connectivity index (χ4n) is 1.13. The molecule has 0 aromatic carbocycles. The van der Waals surface area contributed by atoms with Crippen molar-refractivity contribution in [1.29, 1.82) is 0 Å². The number of carbonyl (C=O) groups is 1. The van der Waals surface area contributed by atoms with Crippen LogP contribution in [-0.2, 0) is 4.79 Å². The van der Waals surface area contributed by atoms with Crippen molar-refractivity contribution in [3.05, 3.63) is 34.0 Å². The van der Waals surface area contributed by atoms with Gasteiger partial charge >= 0.3 is 0 Å². The van der Waals surface area contributed by atoms with E-state index in [9.17, 15) is 4.79 Å². The van der Waals surface area contributed by atoms with E-state index >= 15 is 0 Å². The van der Waals surface area contributed by atoms with Crippen molar-refractivity contribution in [2.75, 3.05) is 0 Å². The summed E-state index contributed by atoms with van der Waals surface area (Å²) in [5.74, 6) is -0.0223. The zero-order chi connectivity index (χ0) is 10.6. The van der Waals surface area contributed by atoms with Crippen molar-refractivity contribution in [3.63, 3.8) is 0 Å². The molecule has 76 valence electrons. The van der Waals surface area contributed by atoms with Crippen LogP contribution in [0.4, 0.5) is 0 Å². The second-order valence-electron chi connectivity index (χ2n) is 3.47. The van der Waals surface area contributed by atoms with Gasteiger partial charge in [0.25, 0.3) is 0 Å². The maximum Gasteiger partial charge on any atom is 0.244 e. The predicted molar refractivity (Wildman–Crippen MR) is 60.3 cm³/mol. The first kappa shape index (κ1) is 11.0. The van der Waals surface area contributed by atoms with E-state index in [-0.39, 0.29) is 11.9 Å². The van der Waals surface area contributed by atoms with Crippen LogP contribution >= 0.6 is 11.3 Å². The molecule has 0 unspecified atom stereocenters. The van der Waals surface area contributed by atoms with Crippen molar-refractivity contribution < 1.29 is 4.79 Å². The van der Waals surface area contributed by atoms with Crippen LogP contribution in [-0.4, -0.2) is 5.91 Å². The molecular weight excluding hydrogens is 194 g/mol. The molecule has 0 aliphatic heterocycles. The number of thiophene rings is 1. The third kappa shape index (κ3) is 3.34. The van der Waals surface area contributed by atoms with Gasteiger partial charge < -0.3 is 5.32 Å². The topological polar surface area (TPSA) is 29.1 Å². The van der Waals surface area contributed by atoms with E-state index in [0.29, 0.717) is 0 Å². The average Bonchev–Trinajstić information content (AvgIpc) is 2.53. The van der Waals surface area contributed by atoms with E-state index in [1.54, 1.807) is 17.4 Å². The molecule has 2 nitrogen and oxygen atoms in total. The Bertz CT molecular complexity index is 323. The van der Waals surface area contributed by atoms with Gasteiger partial charge in [-0.15, -0.1) is 11.3 Å². The summed E-state index contributed by atoms with van der Waals surface area (Å²) >= 11 is 1.66. The maximum absolute atomic E-state index is 11.4. The molecule has 1 rings (SSSR count). The van der Waals surface area contributed by atoms with Crippen LogP contribution in [0, 0.1) is 0 Å². The summed E-state index contributed by atoms with van der Waals surface area (Å²) < 4.78 is 0. The lowest BCUT2D eigenvalue weighted by atomic mass is 10.2. The molecule has 0 bridgehead atoms. The molecule has 0 aliphatic carbocycles. The minimum Gasteiger partial charge on any atom is -0.345 e. The van der Waals surface area contributed by atoms with E-state index in [1.165, 1.54) is 4.88 Å². The Morgan fingerprint density at radius 2 is 2.29 bits per heavy atom. The molecule has 0 saturated heterocycles. The van der Waals surface area contributed by atoms with Gasteiger partial charge in [-0.25, -0.2) is 0 Å². The average molecular weight is 209 g/mol. The number of rotatable bonds is 3. The van der Waals surface area contributed by atoms with Crippen molar-refractivity contribution in [2.24, 2.45) is 0 Å². The molecule has 1 amide bonds. The predicted octanol–water partition coefficient (Wildman–Crippen LogP) is 2.89. The minimum atomic E-state index is -0.0223. The summed E-state index contributed by atoms with van der Waals surface area (Å²) in [6, 6.07) is 4.11. The normalized spacial score (nSPS) is 11.9. The zero-order valence-electron chi connectivity index (χ0n) is 8.70. The lowest BCUT2D eigenvalue weighted by Gasteiger charge is -2.10. The van der Waals surface area contributed by atoms with E-state index in [1.807, 2.05) is 38.3 Å². The molecule has 1 atom stereocenters. The van der Waals surface area contributed by atoms with Gasteiger partial charge in [0.2, 0.25) is 5.91 Å². The monoisotopic (exact) mass is 209 g/mol. The first-order chi connectivity index (χ1) is 6.59. The van der Waals surface area contributed by atoms with Crippen LogP contribution in [0.5, 0.6) is 0 Å². The number of hydrogen-bond acceptors (Lipinski definition) is 2. The van der Waals surface area contributed by atoms with E-state index < -0.39 is 0 Å². The summed E-state index contributed by atoms with van der Waals surface area (Å²) in [6.45, 7) is 5.81.